The van der Waals surface area contributed by atoms with E-state index in [1.165, 1.54) is 41.4 Å². The highest BCUT2D eigenvalue weighted by Gasteiger charge is 2.46. The van der Waals surface area contributed by atoms with Crippen molar-refractivity contribution in [1.29, 1.82) is 0 Å². The van der Waals surface area contributed by atoms with Gasteiger partial charge in [0.1, 0.15) is 46.8 Å². The van der Waals surface area contributed by atoms with Crippen LogP contribution in [0.1, 0.15) is 89.6 Å². The Kier molecular flexibility index (Phi) is 17.9. The second kappa shape index (κ2) is 23.1. The number of fused-ring (bicyclic) bond motifs is 3. The molecule has 422 valence electrons. The quantitative estimate of drug-likeness (QED) is 0.0133. The molecule has 25 nitrogen and oxygen atoms in total. The molecule has 3 unspecified atom stereocenters. The molecule has 1 saturated heterocycles. The largest absolute Gasteiger partial charge is 0.744 e. The number of phosphoric ester groups is 1. The summed E-state index contributed by atoms with van der Waals surface area (Å²) in [7, 11) is -24.9. The highest BCUT2D eigenvalue weighted by molar-refractivity contribution is 7.86. The molecule has 0 radical (unpaired) electrons. The lowest BCUT2D eigenvalue weighted by atomic mass is 9.81. The minimum absolute atomic E-state index is 0.0468. The molecule has 9 N–H and O–H groups in total. The van der Waals surface area contributed by atoms with E-state index in [0.29, 0.717) is 48.9 Å². The fourth-order valence-electron chi connectivity index (χ4n) is 9.74. The molecular weight excluding hydrogens is 1120 g/mol. The van der Waals surface area contributed by atoms with Crippen LogP contribution < -0.4 is 16.0 Å². The maximum atomic E-state index is 13.0. The number of nitrogens with zero attached hydrogens (tertiary/aromatic N) is 5. The number of carbonyl (C=O) groups is 1. The summed E-state index contributed by atoms with van der Waals surface area (Å²) in [5.74, 6) is 3.90. The topological polar surface area (TPSA) is 384 Å². The first-order chi connectivity index (χ1) is 36.2. The Labute approximate surface area is 450 Å². The van der Waals surface area contributed by atoms with Gasteiger partial charge in [0.25, 0.3) is 10.1 Å². The number of aliphatic hydroxyl groups excluding tert-OH is 1. The Morgan fingerprint density at radius 3 is 2.37 bits per heavy atom. The lowest BCUT2D eigenvalue weighted by molar-refractivity contribution is -0.438. The van der Waals surface area contributed by atoms with Crippen molar-refractivity contribution < 1.29 is 87.3 Å². The number of unbranched alkanes of at least 4 members (excludes halogenated alkanes) is 2. The molecule has 1 amide bonds. The average molecular weight is 1180 g/mol. The Morgan fingerprint density at radius 2 is 1.69 bits per heavy atom. The fourth-order valence-corrected chi connectivity index (χ4v) is 15.1. The molecule has 3 aliphatic rings. The van der Waals surface area contributed by atoms with Crippen molar-refractivity contribution in [3.05, 3.63) is 102 Å². The number of aliphatic hydroxyl groups is 1. The second-order valence-corrected chi connectivity index (χ2v) is 28.0. The first-order valence-electron chi connectivity index (χ1n) is 24.2. The number of likely N-dealkylation sites (N-methyl/N-ethyl adjacent to an activating group) is 1. The third-order valence-corrected chi connectivity index (χ3v) is 20.3. The summed E-state index contributed by atoms with van der Waals surface area (Å²) in [5.41, 5.74) is 10.2. The summed E-state index contributed by atoms with van der Waals surface area (Å²) >= 11 is 0. The molecule has 0 spiro atoms. The predicted molar refractivity (Wildman–Crippen MR) is 284 cm³/mol. The van der Waals surface area contributed by atoms with Gasteiger partial charge in [-0.15, -0.1) is 0 Å². The number of amides is 1. The van der Waals surface area contributed by atoms with Crippen molar-refractivity contribution in [2.24, 2.45) is 0 Å². The van der Waals surface area contributed by atoms with Gasteiger partial charge in [-0.2, -0.15) is 13.0 Å². The normalized spacial score (nSPS) is 21.3. The van der Waals surface area contributed by atoms with E-state index in [2.05, 4.69) is 40.9 Å². The molecule has 5 heterocycles. The Bertz CT molecular complexity index is 3600. The van der Waals surface area contributed by atoms with E-state index >= 15 is 0 Å². The van der Waals surface area contributed by atoms with Crippen LogP contribution in [0.15, 0.2) is 94.8 Å². The Balaban J connectivity index is 0.966. The zero-order valence-electron chi connectivity index (χ0n) is 42.9. The lowest BCUT2D eigenvalue weighted by Crippen LogP contribution is -2.28. The van der Waals surface area contributed by atoms with Crippen molar-refractivity contribution in [2.75, 3.05) is 42.8 Å². The molecule has 0 aliphatic carbocycles. The molecule has 1 fully saturated rings. The summed E-state index contributed by atoms with van der Waals surface area (Å²) in [6, 6.07) is 8.91. The van der Waals surface area contributed by atoms with E-state index < -0.39 is 85.0 Å². The van der Waals surface area contributed by atoms with Crippen molar-refractivity contribution in [3.8, 4) is 11.8 Å². The number of nitrogens with one attached hydrogen (secondary N) is 1. The number of nitrogen functional groups attached to an aromatic ring is 1. The molecule has 4 aromatic rings. The summed E-state index contributed by atoms with van der Waals surface area (Å²) in [5, 5.41) is 13.8. The minimum Gasteiger partial charge on any atom is -0.744 e. The van der Waals surface area contributed by atoms with Crippen LogP contribution in [0.5, 0.6) is 0 Å². The van der Waals surface area contributed by atoms with Gasteiger partial charge >= 0.3 is 23.0 Å². The van der Waals surface area contributed by atoms with Gasteiger partial charge in [0.2, 0.25) is 11.6 Å². The van der Waals surface area contributed by atoms with Gasteiger partial charge in [-0.25, -0.2) is 27.3 Å². The number of phosphoric acid groups is 1. The van der Waals surface area contributed by atoms with Gasteiger partial charge in [0, 0.05) is 66.5 Å². The van der Waals surface area contributed by atoms with E-state index in [1.807, 2.05) is 65.0 Å². The van der Waals surface area contributed by atoms with Gasteiger partial charge < -0.3 is 54.5 Å². The van der Waals surface area contributed by atoms with Gasteiger partial charge in [0.15, 0.2) is 11.6 Å². The number of benzene rings is 2. The van der Waals surface area contributed by atoms with Crippen molar-refractivity contribution in [3.63, 3.8) is 0 Å². The third-order valence-electron chi connectivity index (χ3n) is 13.4. The maximum Gasteiger partial charge on any atom is 0.479 e. The van der Waals surface area contributed by atoms with Crippen molar-refractivity contribution in [1.82, 2.24) is 19.9 Å². The number of aromatic nitrogens is 3. The van der Waals surface area contributed by atoms with Crippen LogP contribution >= 0.6 is 23.0 Å². The first kappa shape index (κ1) is 60.4. The Hall–Kier alpha value is -5.23. The molecule has 30 heteroatoms. The van der Waals surface area contributed by atoms with E-state index in [-0.39, 0.29) is 46.5 Å². The highest BCUT2D eigenvalue weighted by Crippen LogP contribution is 2.65. The summed E-state index contributed by atoms with van der Waals surface area (Å²) in [4.78, 5) is 60.3. The number of hydrogen-bond donors (Lipinski definition) is 8. The zero-order chi connectivity index (χ0) is 57.4. The van der Waals surface area contributed by atoms with Gasteiger partial charge in [-0.1, -0.05) is 43.9 Å². The smallest absolute Gasteiger partial charge is 0.479 e. The number of allylic oxidation sites excluding steroid dienone is 6. The molecule has 3 aliphatic heterocycles. The average Bonchev–Trinajstić information content (AvgIpc) is 4.05. The third kappa shape index (κ3) is 13.8. The number of anilines is 2. The minimum atomic E-state index is -5.37. The lowest BCUT2D eigenvalue weighted by Gasteiger charge is -2.25. The van der Waals surface area contributed by atoms with Crippen LogP contribution in [0.2, 0.25) is 0 Å². The SMILES string of the molecule is CCN1/C(=C/C=C/C=C/C2=[N+](CCCCCC(=O)NCC#Cc3cn([C@H]4CC(O)[C@@H](COP(=O)(O)OP(=O)(O)CP(=O)(O)O)O4)c4ncnc(N)c34)c3ccc(S(=O)(=O)O)cc3C2(C)C)C(C)(C)c2cc(S(=O)(=O)[O-])ccc21. The number of carbonyl (C=O) groups excluding carboxylic acids is 1. The van der Waals surface area contributed by atoms with Crippen LogP contribution in [0.4, 0.5) is 17.2 Å². The van der Waals surface area contributed by atoms with Crippen LogP contribution in [-0.4, -0.2) is 126 Å². The van der Waals surface area contributed by atoms with Gasteiger partial charge in [0.05, 0.1) is 45.4 Å². The molecule has 0 bridgehead atoms. The van der Waals surface area contributed by atoms with Gasteiger partial charge in [-0.3, -0.25) is 23.0 Å². The highest BCUT2D eigenvalue weighted by atomic mass is 32.2. The first-order valence-corrected chi connectivity index (χ1v) is 32.1. The van der Waals surface area contributed by atoms with E-state index in [9.17, 15) is 59.3 Å². The van der Waals surface area contributed by atoms with Gasteiger partial charge in [-0.05, 0) is 75.6 Å². The Morgan fingerprint density at radius 1 is 0.987 bits per heavy atom. The molecule has 2 aromatic carbocycles. The van der Waals surface area contributed by atoms with Crippen molar-refractivity contribution >= 4 is 83.1 Å². The van der Waals surface area contributed by atoms with Crippen LogP contribution in [-0.2, 0) is 63.1 Å². The molecule has 5 atom stereocenters. The number of rotatable bonds is 21. The number of ether oxygens (including phenoxy) is 1. The molecule has 2 aromatic heterocycles. The molecular formula is C48H60N7O18P3S2. The summed E-state index contributed by atoms with van der Waals surface area (Å²) in [6.07, 6.45) is 10.5. The van der Waals surface area contributed by atoms with E-state index in [0.717, 1.165) is 28.3 Å². The number of hydrogen-bond acceptors (Lipinski definition) is 17. The fraction of sp³-hybridized carbons (Fsp3) is 0.417. The van der Waals surface area contributed by atoms with E-state index in [4.69, 9.17) is 24.8 Å². The predicted octanol–water partition coefficient (Wildman–Crippen LogP) is 5.19. The molecule has 0 saturated carbocycles. The maximum absolute atomic E-state index is 13.0. The van der Waals surface area contributed by atoms with Crippen LogP contribution in [0, 0.1) is 11.8 Å². The summed E-state index contributed by atoms with van der Waals surface area (Å²) in [6.45, 7) is 10.0. The van der Waals surface area contributed by atoms with Crippen LogP contribution in [0.25, 0.3) is 11.0 Å². The van der Waals surface area contributed by atoms with Crippen molar-refractivity contribution in [2.45, 2.75) is 106 Å². The zero-order valence-corrected chi connectivity index (χ0v) is 47.2. The summed E-state index contributed by atoms with van der Waals surface area (Å²) < 4.78 is 124. The molecule has 7 rings (SSSR count). The van der Waals surface area contributed by atoms with E-state index in [1.54, 1.807) is 12.1 Å². The van der Waals surface area contributed by atoms with Crippen LogP contribution in [0.3, 0.4) is 0 Å². The molecule has 78 heavy (non-hydrogen) atoms. The monoisotopic (exact) mass is 1180 g/mol. The number of nitrogens with two attached hydrogens (primary N) is 1. The standard InChI is InChI=1S/C48H60N7O18P3S2/c1-6-53-36-20-18-32(77(65,66)67)24-34(36)47(2,3)40(53)15-9-7-10-16-41-48(4,5)35-25-33(78(68,69)70)19-21-37(35)54(41)23-12-8-11-17-42(57)50-22-13-14-31-27-55(46-44(31)45(49)51-29-52-46)43-26-38(56)39(72-43)28-71-76(63,64)73-75(61,62)30-74(58,59)60/h7,9-10,15-16,18-21,24-25,27,29,38-39,43,56H,6,8,11-12,17,22-23,26,28,30H2,1-5H3,(H8-,49,50,51,52,57,58,59,60,61,62,63,64,65,66,67,68,69,70)/t38?,39-,43-/m1/s1. The second-order valence-electron chi connectivity index (χ2n) is 19.6.